The van der Waals surface area contributed by atoms with Gasteiger partial charge < -0.3 is 6.15 Å². The molecular weight excluding hydrogens is 157 g/mol. The summed E-state index contributed by atoms with van der Waals surface area (Å²) in [5.41, 5.74) is 0. The molecule has 3 N–H and O–H groups in total. The average molecular weight is 168 g/mol. The van der Waals surface area contributed by atoms with E-state index in [2.05, 4.69) is 9.88 Å². The predicted molar refractivity (Wildman–Crippen MR) is 25.3 cm³/mol. The van der Waals surface area contributed by atoms with Crippen molar-refractivity contribution in [2.45, 2.75) is 9.88 Å². The van der Waals surface area contributed by atoms with Crippen LogP contribution < -0.4 is 6.15 Å². The van der Waals surface area contributed by atoms with Gasteiger partial charge in [-0.1, -0.05) is 0 Å². The average Bonchev–Trinajstić information content (AvgIpc) is 0.918. The van der Waals surface area contributed by atoms with E-state index in [1.54, 1.807) is 0 Å². The first-order valence-corrected chi connectivity index (χ1v) is 9.49. The summed E-state index contributed by atoms with van der Waals surface area (Å²) < 4.78 is 0. The van der Waals surface area contributed by atoms with Gasteiger partial charge in [0.2, 0.25) is 0 Å². The predicted octanol–water partition coefficient (Wildman–Crippen LogP) is 0.413. The van der Waals surface area contributed by atoms with Crippen molar-refractivity contribution in [2.24, 2.45) is 0 Å². The van der Waals surface area contributed by atoms with Gasteiger partial charge in [-0.25, -0.2) is 0 Å². The minimum atomic E-state index is -0.01000. The molecule has 0 radical (unpaired) electrons. The maximum atomic E-state index is 2.34. The van der Waals surface area contributed by atoms with Gasteiger partial charge in [0.05, 0.1) is 0 Å². The van der Waals surface area contributed by atoms with Gasteiger partial charge in [0.25, 0.3) is 0 Å². The van der Waals surface area contributed by atoms with Crippen LogP contribution in [0, 0.1) is 0 Å². The molecule has 0 aliphatic carbocycles. The molecule has 1 nitrogen and oxygen atoms in total. The summed E-state index contributed by atoms with van der Waals surface area (Å²) in [7, 11) is 0. The number of hydrogen-bond acceptors (Lipinski definition) is 1. The molecule has 0 bridgehead atoms. The van der Waals surface area contributed by atoms with E-state index in [9.17, 15) is 0 Å². The van der Waals surface area contributed by atoms with Gasteiger partial charge in [-0.15, -0.1) is 0 Å². The van der Waals surface area contributed by atoms with Crippen molar-refractivity contribution in [2.75, 3.05) is 0 Å². The Morgan fingerprint density at radius 3 is 1.25 bits per heavy atom. The van der Waals surface area contributed by atoms with Crippen LogP contribution in [0.3, 0.4) is 0 Å². The van der Waals surface area contributed by atoms with Gasteiger partial charge in [-0.2, -0.15) is 0 Å². The summed E-state index contributed by atoms with van der Waals surface area (Å²) >= 11 is -0.01000. The van der Waals surface area contributed by atoms with Gasteiger partial charge in [-0.3, -0.25) is 0 Å². The van der Waals surface area contributed by atoms with Crippen LogP contribution in [0.1, 0.15) is 0 Å². The zero-order chi connectivity index (χ0) is 2.71. The van der Waals surface area contributed by atoms with E-state index in [1.807, 2.05) is 0 Å². The first-order chi connectivity index (χ1) is 1.41. The standard InChI is InChI=1S/2CH3.H3N.Sn.2H/h3*1H3;;;. The van der Waals surface area contributed by atoms with Crippen molar-refractivity contribution in [3.05, 3.63) is 0 Å². The summed E-state index contributed by atoms with van der Waals surface area (Å²) in [6, 6.07) is 0. The second-order valence-electron chi connectivity index (χ2n) is 0.707. The van der Waals surface area contributed by atoms with E-state index in [0.29, 0.717) is 0 Å². The summed E-state index contributed by atoms with van der Waals surface area (Å²) in [6.45, 7) is 0. The Bertz CT molecular complexity index is 6.00. The van der Waals surface area contributed by atoms with Crippen LogP contribution in [0.2, 0.25) is 9.88 Å². The second kappa shape index (κ2) is 9.25. The summed E-state index contributed by atoms with van der Waals surface area (Å²) in [4.78, 5) is 4.67. The molecule has 28 valence electrons. The molecule has 0 rings (SSSR count). The third-order valence-electron chi connectivity index (χ3n) is 0. The second-order valence-corrected chi connectivity index (χ2v) is 4.74. The maximum absolute atomic E-state index is 2.34. The van der Waals surface area contributed by atoms with Crippen molar-refractivity contribution in [3.8, 4) is 0 Å². The Kier molecular flexibility index (Phi) is 20.4. The van der Waals surface area contributed by atoms with Crippen LogP contribution in [-0.4, -0.2) is 21.1 Å². The molecule has 0 aliphatic heterocycles. The molecule has 0 fully saturated rings. The van der Waals surface area contributed by atoms with Crippen LogP contribution >= 0.6 is 0 Å². The van der Waals surface area contributed by atoms with Crippen LogP contribution in [0.15, 0.2) is 0 Å². The van der Waals surface area contributed by atoms with Crippen LogP contribution in [0.5, 0.6) is 0 Å². The fraction of sp³-hybridized carbons (Fsp3) is 1.00. The molecule has 0 saturated heterocycles. The molecule has 2 heteroatoms. The van der Waals surface area contributed by atoms with Crippen LogP contribution in [-0.2, 0) is 0 Å². The van der Waals surface area contributed by atoms with Crippen molar-refractivity contribution in [1.82, 2.24) is 6.15 Å². The molecule has 0 aromatic carbocycles. The summed E-state index contributed by atoms with van der Waals surface area (Å²) in [5, 5.41) is 0. The van der Waals surface area contributed by atoms with Gasteiger partial charge in [-0.05, 0) is 0 Å². The fourth-order valence-electron chi connectivity index (χ4n) is 0. The third-order valence-corrected chi connectivity index (χ3v) is 0. The van der Waals surface area contributed by atoms with Crippen molar-refractivity contribution >= 4 is 21.1 Å². The molecule has 0 heterocycles. The minimum absolute atomic E-state index is 0. The normalized spacial score (nSPS) is 4.50. The van der Waals surface area contributed by atoms with Gasteiger partial charge in [0.1, 0.15) is 0 Å². The quantitative estimate of drug-likeness (QED) is 0.522. The van der Waals surface area contributed by atoms with Gasteiger partial charge in [0.15, 0.2) is 0 Å². The monoisotopic (exact) mass is 169 g/mol. The van der Waals surface area contributed by atoms with E-state index < -0.39 is 0 Å². The van der Waals surface area contributed by atoms with Crippen LogP contribution in [0.4, 0.5) is 0 Å². The van der Waals surface area contributed by atoms with E-state index in [0.717, 1.165) is 0 Å². The molecule has 0 saturated carbocycles. The number of hydrogen-bond donors (Lipinski definition) is 1. The molecule has 4 heavy (non-hydrogen) atoms. The summed E-state index contributed by atoms with van der Waals surface area (Å²) in [5.74, 6) is 0. The van der Waals surface area contributed by atoms with Crippen molar-refractivity contribution < 1.29 is 0 Å². The first kappa shape index (κ1) is 8.83. The molecule has 0 amide bonds. The van der Waals surface area contributed by atoms with Crippen LogP contribution in [0.25, 0.3) is 0 Å². The zero-order valence-electron chi connectivity index (χ0n) is 3.41. The van der Waals surface area contributed by atoms with E-state index in [-0.39, 0.29) is 27.3 Å². The Morgan fingerprint density at radius 2 is 1.25 bits per heavy atom. The Labute approximate surface area is 37.6 Å². The van der Waals surface area contributed by atoms with Crippen molar-refractivity contribution in [1.29, 1.82) is 0 Å². The van der Waals surface area contributed by atoms with E-state index in [4.69, 9.17) is 0 Å². The zero-order valence-corrected chi connectivity index (χ0v) is 7.45. The summed E-state index contributed by atoms with van der Waals surface area (Å²) in [6.07, 6.45) is 0. The topological polar surface area (TPSA) is 35.0 Å². The molecule has 0 atom stereocenters. The van der Waals surface area contributed by atoms with Gasteiger partial charge >= 0.3 is 31.0 Å². The Hall–Kier alpha value is 0.759. The van der Waals surface area contributed by atoms with Gasteiger partial charge in [0, 0.05) is 0 Å². The fourth-order valence-corrected chi connectivity index (χ4v) is 0. The molecule has 0 aromatic rings. The number of rotatable bonds is 0. The Morgan fingerprint density at radius 1 is 1.25 bits per heavy atom. The third kappa shape index (κ3) is 14.8. The molecule has 0 unspecified atom stereocenters. The van der Waals surface area contributed by atoms with E-state index in [1.165, 1.54) is 0 Å². The molecule has 0 spiro atoms. The molecule has 0 aliphatic rings. The van der Waals surface area contributed by atoms with E-state index >= 15 is 0 Å². The molecule has 0 aromatic heterocycles. The molecular formula is C2H11NSn. The van der Waals surface area contributed by atoms with Crippen molar-refractivity contribution in [3.63, 3.8) is 0 Å². The Balaban J connectivity index is 0. The SMILES string of the molecule is N.[CH3][SnH2][CH3]. The first-order valence-electron chi connectivity index (χ1n) is 1.41.